The molecule has 0 aromatic carbocycles. The van der Waals surface area contributed by atoms with E-state index in [1.54, 1.807) is 0 Å². The van der Waals surface area contributed by atoms with Crippen LogP contribution in [0.15, 0.2) is 0 Å². The van der Waals surface area contributed by atoms with E-state index in [1.807, 2.05) is 0 Å². The zero-order chi connectivity index (χ0) is 47.2. The van der Waals surface area contributed by atoms with E-state index in [-0.39, 0.29) is 51.2 Å². The Bertz CT molecular complexity index is 1760. The summed E-state index contributed by atoms with van der Waals surface area (Å²) in [5.41, 5.74) is 11.3. The number of carbonyl (C=O) groups excluding carboxylic acids is 8. The van der Waals surface area contributed by atoms with Crippen molar-refractivity contribution in [1.82, 2.24) is 40.9 Å². The van der Waals surface area contributed by atoms with Crippen LogP contribution < -0.4 is 32.7 Å². The summed E-state index contributed by atoms with van der Waals surface area (Å²) in [5, 5.41) is 48.0. The van der Waals surface area contributed by atoms with Crippen LogP contribution in [0.2, 0.25) is 0 Å². The summed E-state index contributed by atoms with van der Waals surface area (Å²) in [5.74, 6) is -8.99. The first kappa shape index (κ1) is 51.5. The number of nitrogens with two attached hydrogens (primary N) is 2. The molecule has 0 aromatic rings. The lowest BCUT2D eigenvalue weighted by molar-refractivity contribution is -0.153. The average Bonchev–Trinajstić information content (AvgIpc) is 4.12. The molecular weight excluding hydrogens is 865 g/mol. The standard InChI is InChI=1S/C39H62N10O14S/c40-12-2-1-7-21(41)31(54)42-22(17-30(52)53)32(55)43-23(18-50)33(56)44-24(19-51)35(58)47-14-4-9-27(47)37(60)49-16-6-11-29(49)38(61)48-15-5-10-28(48)36(59)46-13-3-8-26(46)34(57)45-25(20-64)39(62)63/h21-29,50-51,64H,1-20,40-41H2,(H,42,54)(H,43,55)(H,44,56)(H,45,57)(H,52,53)(H,62,63). The number of carboxylic acid groups (broad SMARTS) is 2. The van der Waals surface area contributed by atoms with E-state index in [0.717, 1.165) is 0 Å². The minimum absolute atomic E-state index is 0.0492. The molecule has 8 amide bonds. The molecule has 4 heterocycles. The summed E-state index contributed by atoms with van der Waals surface area (Å²) in [4.78, 5) is 137. The Morgan fingerprint density at radius 3 is 1.48 bits per heavy atom. The fourth-order valence-electron chi connectivity index (χ4n) is 8.62. The molecule has 12 N–H and O–H groups in total. The van der Waals surface area contributed by atoms with Gasteiger partial charge in [-0.05, 0) is 70.8 Å². The van der Waals surface area contributed by atoms with Crippen LogP contribution in [-0.4, -0.2) is 205 Å². The molecule has 0 aromatic heterocycles. The number of carboxylic acids is 2. The molecule has 0 radical (unpaired) electrons. The number of hydrogen-bond donors (Lipinski definition) is 11. The number of amides is 8. The fraction of sp³-hybridized carbons (Fsp3) is 0.744. The Kier molecular flexibility index (Phi) is 19.5. The van der Waals surface area contributed by atoms with E-state index in [2.05, 4.69) is 33.9 Å². The van der Waals surface area contributed by atoms with Crippen molar-refractivity contribution in [2.24, 2.45) is 11.5 Å². The van der Waals surface area contributed by atoms with Gasteiger partial charge in [0.05, 0.1) is 25.7 Å². The Hall–Kier alpha value is -5.11. The topological polar surface area (TPSA) is 365 Å². The van der Waals surface area contributed by atoms with Gasteiger partial charge in [0.2, 0.25) is 47.3 Å². The fourth-order valence-corrected chi connectivity index (χ4v) is 8.87. The van der Waals surface area contributed by atoms with E-state index in [0.29, 0.717) is 57.9 Å². The molecule has 25 heteroatoms. The van der Waals surface area contributed by atoms with Crippen molar-refractivity contribution in [2.45, 2.75) is 131 Å². The second kappa shape index (κ2) is 24.3. The van der Waals surface area contributed by atoms with Crippen LogP contribution in [0.1, 0.15) is 77.0 Å². The lowest BCUT2D eigenvalue weighted by Crippen LogP contribution is -2.61. The highest BCUT2D eigenvalue weighted by atomic mass is 32.1. The number of aliphatic carboxylic acids is 2. The summed E-state index contributed by atoms with van der Waals surface area (Å²) >= 11 is 3.98. The van der Waals surface area contributed by atoms with Crippen molar-refractivity contribution in [2.75, 3.05) is 51.7 Å². The number of thiol groups is 1. The molecule has 4 rings (SSSR count). The molecule has 0 saturated carbocycles. The summed E-state index contributed by atoms with van der Waals surface area (Å²) in [6, 6.07) is -11.4. The Labute approximate surface area is 374 Å². The van der Waals surface area contributed by atoms with Gasteiger partial charge in [-0.3, -0.25) is 43.2 Å². The van der Waals surface area contributed by atoms with Gasteiger partial charge in [-0.25, -0.2) is 4.79 Å². The molecule has 9 unspecified atom stereocenters. The molecule has 4 aliphatic heterocycles. The predicted octanol–water partition coefficient (Wildman–Crippen LogP) is -5.18. The zero-order valence-corrected chi connectivity index (χ0v) is 36.5. The van der Waals surface area contributed by atoms with Gasteiger partial charge >= 0.3 is 11.9 Å². The Morgan fingerprint density at radius 2 is 1.02 bits per heavy atom. The van der Waals surface area contributed by atoms with Gasteiger partial charge < -0.3 is 72.8 Å². The van der Waals surface area contributed by atoms with Gasteiger partial charge in [0, 0.05) is 31.9 Å². The van der Waals surface area contributed by atoms with Crippen LogP contribution in [0.25, 0.3) is 0 Å². The van der Waals surface area contributed by atoms with Gasteiger partial charge in [-0.15, -0.1) is 0 Å². The van der Waals surface area contributed by atoms with Crippen molar-refractivity contribution < 1.29 is 68.4 Å². The van der Waals surface area contributed by atoms with E-state index in [9.17, 15) is 68.4 Å². The number of aliphatic hydroxyl groups is 2. The van der Waals surface area contributed by atoms with Crippen molar-refractivity contribution in [1.29, 1.82) is 0 Å². The van der Waals surface area contributed by atoms with Gasteiger partial charge in [-0.1, -0.05) is 6.42 Å². The summed E-state index contributed by atoms with van der Waals surface area (Å²) < 4.78 is 0. The van der Waals surface area contributed by atoms with Crippen LogP contribution in [0.3, 0.4) is 0 Å². The molecule has 0 aliphatic carbocycles. The normalized spacial score (nSPS) is 23.1. The van der Waals surface area contributed by atoms with Gasteiger partial charge in [0.25, 0.3) is 0 Å². The molecule has 0 spiro atoms. The second-order valence-electron chi connectivity index (χ2n) is 16.4. The van der Waals surface area contributed by atoms with Gasteiger partial charge in [-0.2, -0.15) is 12.6 Å². The average molecular weight is 927 g/mol. The molecule has 4 aliphatic rings. The van der Waals surface area contributed by atoms with Crippen LogP contribution in [0.4, 0.5) is 0 Å². The number of rotatable bonds is 22. The van der Waals surface area contributed by atoms with Gasteiger partial charge in [0.1, 0.15) is 48.3 Å². The van der Waals surface area contributed by atoms with Crippen molar-refractivity contribution >= 4 is 71.8 Å². The lowest BCUT2D eigenvalue weighted by Gasteiger charge is -2.36. The largest absolute Gasteiger partial charge is 0.481 e. The maximum Gasteiger partial charge on any atom is 0.327 e. The van der Waals surface area contributed by atoms with Crippen molar-refractivity contribution in [3.05, 3.63) is 0 Å². The van der Waals surface area contributed by atoms with Crippen LogP contribution in [0, 0.1) is 0 Å². The third kappa shape index (κ3) is 12.8. The SMILES string of the molecule is NCCCCC(N)C(=O)NC(CC(=O)O)C(=O)NC(CO)C(=O)NC(CO)C(=O)N1CCCC1C(=O)N1CCCC1C(=O)N1CCCC1C(=O)N1CCCC1C(=O)NC(CS)C(=O)O. The number of unbranched alkanes of at least 4 members (excludes halogenated alkanes) is 1. The first-order valence-electron chi connectivity index (χ1n) is 21.7. The lowest BCUT2D eigenvalue weighted by atomic mass is 10.1. The molecule has 0 bridgehead atoms. The Balaban J connectivity index is 1.39. The van der Waals surface area contributed by atoms with Crippen LogP contribution in [0.5, 0.6) is 0 Å². The van der Waals surface area contributed by atoms with Crippen molar-refractivity contribution in [3.63, 3.8) is 0 Å². The first-order chi connectivity index (χ1) is 30.5. The Morgan fingerprint density at radius 1 is 0.578 bits per heavy atom. The number of nitrogens with zero attached hydrogens (tertiary/aromatic N) is 4. The number of hydrogen-bond acceptors (Lipinski definition) is 15. The maximum absolute atomic E-state index is 14.2. The number of aliphatic hydroxyl groups excluding tert-OH is 2. The quantitative estimate of drug-likeness (QED) is 0.0357. The van der Waals surface area contributed by atoms with Gasteiger partial charge in [0.15, 0.2) is 0 Å². The predicted molar refractivity (Wildman–Crippen MR) is 225 cm³/mol. The highest BCUT2D eigenvalue weighted by molar-refractivity contribution is 7.80. The number of carbonyl (C=O) groups is 10. The summed E-state index contributed by atoms with van der Waals surface area (Å²) in [7, 11) is 0. The van der Waals surface area contributed by atoms with E-state index in [1.165, 1.54) is 19.6 Å². The second-order valence-corrected chi connectivity index (χ2v) is 16.7. The minimum atomic E-state index is -1.77. The number of nitrogens with one attached hydrogen (secondary N) is 4. The highest BCUT2D eigenvalue weighted by Crippen LogP contribution is 2.30. The molecule has 64 heavy (non-hydrogen) atoms. The molecule has 4 saturated heterocycles. The highest BCUT2D eigenvalue weighted by Gasteiger charge is 2.48. The van der Waals surface area contributed by atoms with E-state index >= 15 is 0 Å². The molecule has 24 nitrogen and oxygen atoms in total. The van der Waals surface area contributed by atoms with Crippen LogP contribution in [-0.2, 0) is 47.9 Å². The molecule has 358 valence electrons. The van der Waals surface area contributed by atoms with Crippen LogP contribution >= 0.6 is 12.6 Å². The number of likely N-dealkylation sites (tertiary alicyclic amines) is 4. The third-order valence-corrected chi connectivity index (χ3v) is 12.4. The monoisotopic (exact) mass is 926 g/mol. The summed E-state index contributed by atoms with van der Waals surface area (Å²) in [6.45, 7) is -0.958. The maximum atomic E-state index is 14.2. The molecule has 9 atom stereocenters. The van der Waals surface area contributed by atoms with E-state index in [4.69, 9.17) is 11.5 Å². The first-order valence-corrected chi connectivity index (χ1v) is 22.3. The molecular formula is C39H62N10O14S. The summed E-state index contributed by atoms with van der Waals surface area (Å²) in [6.07, 6.45) is 3.24. The minimum Gasteiger partial charge on any atom is -0.481 e. The zero-order valence-electron chi connectivity index (χ0n) is 35.6. The smallest absolute Gasteiger partial charge is 0.327 e. The molecule has 4 fully saturated rings. The van der Waals surface area contributed by atoms with Crippen molar-refractivity contribution in [3.8, 4) is 0 Å². The van der Waals surface area contributed by atoms with E-state index < -0.39 is 133 Å². The third-order valence-electron chi connectivity index (χ3n) is 12.0.